The van der Waals surface area contributed by atoms with Gasteiger partial charge < -0.3 is 10.5 Å². The fourth-order valence-electron chi connectivity index (χ4n) is 0.936. The first-order chi connectivity index (χ1) is 6.57. The fourth-order valence-corrected chi connectivity index (χ4v) is 1.08. The van der Waals surface area contributed by atoms with E-state index in [9.17, 15) is 9.18 Å². The first-order valence-electron chi connectivity index (χ1n) is 3.98. The molecular formula is C9H9ClFNO2. The van der Waals surface area contributed by atoms with Gasteiger partial charge in [-0.1, -0.05) is 11.6 Å². The van der Waals surface area contributed by atoms with Crippen LogP contribution in [0.2, 0.25) is 5.02 Å². The zero-order chi connectivity index (χ0) is 10.7. The molecule has 0 bridgehead atoms. The Kier molecular flexibility index (Phi) is 3.30. The largest absolute Gasteiger partial charge is 0.462 e. The normalized spacial score (nSPS) is 9.93. The smallest absolute Gasteiger partial charge is 0.341 e. The lowest BCUT2D eigenvalue weighted by atomic mass is 10.2. The predicted molar refractivity (Wildman–Crippen MR) is 51.8 cm³/mol. The van der Waals surface area contributed by atoms with Crippen molar-refractivity contribution in [3.05, 3.63) is 28.5 Å². The van der Waals surface area contributed by atoms with Crippen LogP contribution in [0.4, 0.5) is 10.1 Å². The molecule has 0 saturated heterocycles. The third-order valence-corrected chi connectivity index (χ3v) is 1.95. The molecular weight excluding hydrogens is 209 g/mol. The highest BCUT2D eigenvalue weighted by Gasteiger charge is 2.16. The van der Waals surface area contributed by atoms with Crippen LogP contribution in [0.25, 0.3) is 0 Å². The van der Waals surface area contributed by atoms with Gasteiger partial charge in [-0.05, 0) is 19.1 Å². The van der Waals surface area contributed by atoms with E-state index in [-0.39, 0.29) is 22.9 Å². The van der Waals surface area contributed by atoms with Gasteiger partial charge in [0.25, 0.3) is 0 Å². The second-order valence-electron chi connectivity index (χ2n) is 2.54. The second kappa shape index (κ2) is 4.28. The first kappa shape index (κ1) is 10.8. The van der Waals surface area contributed by atoms with Gasteiger partial charge >= 0.3 is 5.97 Å². The molecule has 0 radical (unpaired) electrons. The molecule has 0 aliphatic rings. The third kappa shape index (κ3) is 1.96. The third-order valence-electron chi connectivity index (χ3n) is 1.62. The van der Waals surface area contributed by atoms with Gasteiger partial charge in [0.05, 0.1) is 22.9 Å². The standard InChI is InChI=1S/C9H9ClFNO2/c1-2-14-9(13)5-3-4-6(10)8(12)7(5)11/h3-4H,2,12H2,1H3. The number of nitrogens with two attached hydrogens (primary N) is 1. The highest BCUT2D eigenvalue weighted by Crippen LogP contribution is 2.24. The highest BCUT2D eigenvalue weighted by atomic mass is 35.5. The van der Waals surface area contributed by atoms with Crippen molar-refractivity contribution >= 4 is 23.3 Å². The maximum Gasteiger partial charge on any atom is 0.341 e. The van der Waals surface area contributed by atoms with Gasteiger partial charge in [0.15, 0.2) is 5.82 Å². The van der Waals surface area contributed by atoms with E-state index in [0.717, 1.165) is 0 Å². The van der Waals surface area contributed by atoms with Crippen LogP contribution in [-0.2, 0) is 4.74 Å². The van der Waals surface area contributed by atoms with Crippen LogP contribution >= 0.6 is 11.6 Å². The minimum Gasteiger partial charge on any atom is -0.462 e. The number of carbonyl (C=O) groups excluding carboxylic acids is 1. The van der Waals surface area contributed by atoms with Crippen molar-refractivity contribution in [3.63, 3.8) is 0 Å². The van der Waals surface area contributed by atoms with E-state index >= 15 is 0 Å². The van der Waals surface area contributed by atoms with Crippen LogP contribution in [0.5, 0.6) is 0 Å². The molecule has 1 rings (SSSR count). The Morgan fingerprint density at radius 2 is 2.29 bits per heavy atom. The number of hydrogen-bond donors (Lipinski definition) is 1. The van der Waals surface area contributed by atoms with E-state index in [0.29, 0.717) is 0 Å². The van der Waals surface area contributed by atoms with Crippen LogP contribution in [0.3, 0.4) is 0 Å². The maximum absolute atomic E-state index is 13.3. The molecule has 3 nitrogen and oxygen atoms in total. The Bertz CT molecular complexity index is 368. The van der Waals surface area contributed by atoms with E-state index in [1.165, 1.54) is 12.1 Å². The summed E-state index contributed by atoms with van der Waals surface area (Å²) < 4.78 is 18.0. The van der Waals surface area contributed by atoms with Gasteiger partial charge in [-0.3, -0.25) is 0 Å². The van der Waals surface area contributed by atoms with Gasteiger partial charge in [0, 0.05) is 0 Å². The van der Waals surface area contributed by atoms with Crippen molar-refractivity contribution in [1.29, 1.82) is 0 Å². The Morgan fingerprint density at radius 1 is 1.64 bits per heavy atom. The summed E-state index contributed by atoms with van der Waals surface area (Å²) in [4.78, 5) is 11.2. The van der Waals surface area contributed by atoms with Crippen LogP contribution in [-0.4, -0.2) is 12.6 Å². The fraction of sp³-hybridized carbons (Fsp3) is 0.222. The lowest BCUT2D eigenvalue weighted by Gasteiger charge is -2.05. The molecule has 0 aliphatic carbocycles. The molecule has 0 aromatic heterocycles. The lowest BCUT2D eigenvalue weighted by Crippen LogP contribution is -2.09. The molecule has 0 aliphatic heterocycles. The van der Waals surface area contributed by atoms with Crippen molar-refractivity contribution in [1.82, 2.24) is 0 Å². The number of rotatable bonds is 2. The summed E-state index contributed by atoms with van der Waals surface area (Å²) in [5, 5.41) is 0.0792. The number of nitrogen functional groups attached to an aromatic ring is 1. The summed E-state index contributed by atoms with van der Waals surface area (Å²) in [7, 11) is 0. The lowest BCUT2D eigenvalue weighted by molar-refractivity contribution is 0.0521. The molecule has 0 amide bonds. The van der Waals surface area contributed by atoms with E-state index in [1.54, 1.807) is 6.92 Å². The van der Waals surface area contributed by atoms with Crippen LogP contribution in [0.1, 0.15) is 17.3 Å². The molecule has 0 saturated carbocycles. The molecule has 0 fully saturated rings. The van der Waals surface area contributed by atoms with Gasteiger partial charge in [-0.2, -0.15) is 0 Å². The number of ether oxygens (including phenoxy) is 1. The van der Waals surface area contributed by atoms with Crippen LogP contribution in [0, 0.1) is 5.82 Å². The minimum absolute atomic E-state index is 0.0792. The van der Waals surface area contributed by atoms with Crippen LogP contribution < -0.4 is 5.73 Å². The topological polar surface area (TPSA) is 52.3 Å². The molecule has 0 heterocycles. The minimum atomic E-state index is -0.837. The quantitative estimate of drug-likeness (QED) is 0.611. The average Bonchev–Trinajstić information content (AvgIpc) is 2.15. The zero-order valence-corrected chi connectivity index (χ0v) is 8.27. The molecule has 14 heavy (non-hydrogen) atoms. The van der Waals surface area contributed by atoms with E-state index in [1.807, 2.05) is 0 Å². The summed E-state index contributed by atoms with van der Waals surface area (Å²) in [6, 6.07) is 2.60. The number of anilines is 1. The van der Waals surface area contributed by atoms with Crippen molar-refractivity contribution < 1.29 is 13.9 Å². The molecule has 0 atom stereocenters. The predicted octanol–water partition coefficient (Wildman–Crippen LogP) is 2.24. The number of hydrogen-bond acceptors (Lipinski definition) is 3. The SMILES string of the molecule is CCOC(=O)c1ccc(Cl)c(N)c1F. The molecule has 0 unspecified atom stereocenters. The molecule has 76 valence electrons. The number of carbonyl (C=O) groups is 1. The number of halogens is 2. The highest BCUT2D eigenvalue weighted by molar-refractivity contribution is 6.33. The van der Waals surface area contributed by atoms with Gasteiger partial charge in [-0.15, -0.1) is 0 Å². The molecule has 1 aromatic carbocycles. The summed E-state index contributed by atoms with van der Waals surface area (Å²) in [6.07, 6.45) is 0. The maximum atomic E-state index is 13.3. The summed E-state index contributed by atoms with van der Waals surface area (Å²) in [6.45, 7) is 1.82. The van der Waals surface area contributed by atoms with Crippen molar-refractivity contribution in [2.24, 2.45) is 0 Å². The van der Waals surface area contributed by atoms with Crippen molar-refractivity contribution in [3.8, 4) is 0 Å². The Morgan fingerprint density at radius 3 is 2.86 bits per heavy atom. The average molecular weight is 218 g/mol. The Hall–Kier alpha value is -1.29. The van der Waals surface area contributed by atoms with Crippen molar-refractivity contribution in [2.45, 2.75) is 6.92 Å². The Labute approximate surface area is 85.6 Å². The van der Waals surface area contributed by atoms with E-state index in [4.69, 9.17) is 17.3 Å². The molecule has 0 spiro atoms. The van der Waals surface area contributed by atoms with E-state index in [2.05, 4.69) is 4.74 Å². The van der Waals surface area contributed by atoms with E-state index < -0.39 is 11.8 Å². The Balaban J connectivity index is 3.11. The molecule has 2 N–H and O–H groups in total. The van der Waals surface area contributed by atoms with Crippen LogP contribution in [0.15, 0.2) is 12.1 Å². The molecule has 5 heteroatoms. The monoisotopic (exact) mass is 217 g/mol. The van der Waals surface area contributed by atoms with Crippen molar-refractivity contribution in [2.75, 3.05) is 12.3 Å². The molecule has 1 aromatic rings. The zero-order valence-electron chi connectivity index (χ0n) is 7.51. The summed E-state index contributed by atoms with van der Waals surface area (Å²) >= 11 is 5.55. The number of esters is 1. The first-order valence-corrected chi connectivity index (χ1v) is 4.36. The number of benzene rings is 1. The summed E-state index contributed by atoms with van der Waals surface area (Å²) in [5.41, 5.74) is 4.86. The second-order valence-corrected chi connectivity index (χ2v) is 2.95. The van der Waals surface area contributed by atoms with Gasteiger partial charge in [-0.25, -0.2) is 9.18 Å². The van der Waals surface area contributed by atoms with Gasteiger partial charge in [0.2, 0.25) is 0 Å². The van der Waals surface area contributed by atoms with Gasteiger partial charge in [0.1, 0.15) is 0 Å². The summed E-state index contributed by atoms with van der Waals surface area (Å²) in [5.74, 6) is -1.58.